The molecule has 1 fully saturated rings. The molecular formula is C17H28N2O3. The minimum atomic E-state index is -0.277. The van der Waals surface area contributed by atoms with Crippen LogP contribution in [0.5, 0.6) is 5.75 Å². The van der Waals surface area contributed by atoms with Gasteiger partial charge in [-0.25, -0.2) is 0 Å². The highest BCUT2D eigenvalue weighted by Gasteiger charge is 2.20. The van der Waals surface area contributed by atoms with Crippen LogP contribution in [0.2, 0.25) is 0 Å². The minimum Gasteiger partial charge on any atom is -0.503 e. The van der Waals surface area contributed by atoms with E-state index in [4.69, 9.17) is 4.74 Å². The van der Waals surface area contributed by atoms with E-state index < -0.39 is 0 Å². The lowest BCUT2D eigenvalue weighted by Gasteiger charge is -2.32. The SMILES string of the molecule is COCCCn1c(C)cc(=O)c(O)c1CN1CCCC(C)C1. The molecule has 0 spiro atoms. The molecule has 0 bridgehead atoms. The van der Waals surface area contributed by atoms with Crippen molar-refractivity contribution in [3.63, 3.8) is 0 Å². The van der Waals surface area contributed by atoms with Gasteiger partial charge in [0, 0.05) is 45.1 Å². The number of pyridine rings is 1. The smallest absolute Gasteiger partial charge is 0.223 e. The number of hydrogen-bond acceptors (Lipinski definition) is 4. The first-order chi connectivity index (χ1) is 10.5. The number of aromatic nitrogens is 1. The summed E-state index contributed by atoms with van der Waals surface area (Å²) in [5.74, 6) is 0.579. The summed E-state index contributed by atoms with van der Waals surface area (Å²) in [7, 11) is 1.69. The maximum Gasteiger partial charge on any atom is 0.223 e. The molecule has 1 aliphatic heterocycles. The molecule has 0 radical (unpaired) electrons. The molecule has 2 heterocycles. The van der Waals surface area contributed by atoms with E-state index in [2.05, 4.69) is 16.4 Å². The number of aryl methyl sites for hydroxylation is 1. The lowest BCUT2D eigenvalue weighted by atomic mass is 10.00. The highest BCUT2D eigenvalue weighted by molar-refractivity contribution is 5.29. The second-order valence-electron chi connectivity index (χ2n) is 6.43. The fourth-order valence-corrected chi connectivity index (χ4v) is 3.30. The summed E-state index contributed by atoms with van der Waals surface area (Å²) in [5.41, 5.74) is 1.37. The van der Waals surface area contributed by atoms with Gasteiger partial charge in [0.1, 0.15) is 0 Å². The Morgan fingerprint density at radius 3 is 2.91 bits per heavy atom. The van der Waals surface area contributed by atoms with Crippen LogP contribution in [0.25, 0.3) is 0 Å². The molecule has 1 aromatic heterocycles. The summed E-state index contributed by atoms with van der Waals surface area (Å²) in [5, 5.41) is 10.3. The first-order valence-corrected chi connectivity index (χ1v) is 8.16. The Kier molecular flexibility index (Phi) is 6.03. The molecule has 1 saturated heterocycles. The summed E-state index contributed by atoms with van der Waals surface area (Å²) >= 11 is 0. The Morgan fingerprint density at radius 2 is 2.23 bits per heavy atom. The zero-order chi connectivity index (χ0) is 16.1. The summed E-state index contributed by atoms with van der Waals surface area (Å²) in [6, 6.07) is 1.52. The zero-order valence-electron chi connectivity index (χ0n) is 14.0. The van der Waals surface area contributed by atoms with E-state index in [1.807, 2.05) is 6.92 Å². The molecule has 22 heavy (non-hydrogen) atoms. The lowest BCUT2D eigenvalue weighted by molar-refractivity contribution is 0.167. The summed E-state index contributed by atoms with van der Waals surface area (Å²) in [6.07, 6.45) is 3.31. The molecule has 0 amide bonds. The molecule has 1 aromatic rings. The van der Waals surface area contributed by atoms with E-state index in [1.165, 1.54) is 18.9 Å². The van der Waals surface area contributed by atoms with Gasteiger partial charge in [-0.1, -0.05) is 6.92 Å². The number of piperidine rings is 1. The Balaban J connectivity index is 2.24. The van der Waals surface area contributed by atoms with Crippen molar-refractivity contribution in [2.45, 2.75) is 46.2 Å². The van der Waals surface area contributed by atoms with E-state index in [0.717, 1.165) is 37.4 Å². The quantitative estimate of drug-likeness (QED) is 0.818. The lowest BCUT2D eigenvalue weighted by Crippen LogP contribution is -2.35. The second kappa shape index (κ2) is 7.79. The molecular weight excluding hydrogens is 280 g/mol. The Morgan fingerprint density at radius 1 is 1.45 bits per heavy atom. The van der Waals surface area contributed by atoms with Crippen LogP contribution < -0.4 is 5.43 Å². The summed E-state index contributed by atoms with van der Waals surface area (Å²) in [6.45, 7) is 8.31. The first kappa shape index (κ1) is 17.0. The molecule has 5 heteroatoms. The maximum absolute atomic E-state index is 11.9. The van der Waals surface area contributed by atoms with Crippen LogP contribution in [-0.4, -0.2) is 41.4 Å². The van der Waals surface area contributed by atoms with Gasteiger partial charge in [0.15, 0.2) is 5.75 Å². The molecule has 1 unspecified atom stereocenters. The molecule has 124 valence electrons. The molecule has 0 aromatic carbocycles. The van der Waals surface area contributed by atoms with Gasteiger partial charge in [0.2, 0.25) is 5.43 Å². The normalized spacial score (nSPS) is 19.5. The number of likely N-dealkylation sites (tertiary alicyclic amines) is 1. The molecule has 2 rings (SSSR count). The third-order valence-corrected chi connectivity index (χ3v) is 4.44. The van der Waals surface area contributed by atoms with Crippen molar-refractivity contribution in [1.29, 1.82) is 0 Å². The van der Waals surface area contributed by atoms with Gasteiger partial charge in [0.25, 0.3) is 0 Å². The van der Waals surface area contributed by atoms with Gasteiger partial charge in [-0.15, -0.1) is 0 Å². The number of methoxy groups -OCH3 is 1. The van der Waals surface area contributed by atoms with Gasteiger partial charge in [-0.3, -0.25) is 9.69 Å². The van der Waals surface area contributed by atoms with Crippen molar-refractivity contribution in [1.82, 2.24) is 9.47 Å². The van der Waals surface area contributed by atoms with Gasteiger partial charge < -0.3 is 14.4 Å². The highest BCUT2D eigenvalue weighted by Crippen LogP contribution is 2.22. The van der Waals surface area contributed by atoms with Crippen LogP contribution in [0.3, 0.4) is 0 Å². The maximum atomic E-state index is 11.9. The zero-order valence-corrected chi connectivity index (χ0v) is 14.0. The van der Waals surface area contributed by atoms with Crippen molar-refractivity contribution < 1.29 is 9.84 Å². The highest BCUT2D eigenvalue weighted by atomic mass is 16.5. The average Bonchev–Trinajstić information content (AvgIpc) is 2.48. The van der Waals surface area contributed by atoms with Crippen LogP contribution in [0, 0.1) is 12.8 Å². The predicted molar refractivity (Wildman–Crippen MR) is 87.3 cm³/mol. The van der Waals surface area contributed by atoms with Crippen LogP contribution in [0.15, 0.2) is 10.9 Å². The van der Waals surface area contributed by atoms with Crippen LogP contribution in [0.1, 0.15) is 37.6 Å². The van der Waals surface area contributed by atoms with Crippen molar-refractivity contribution in [3.05, 3.63) is 27.7 Å². The van der Waals surface area contributed by atoms with E-state index in [1.54, 1.807) is 7.11 Å². The van der Waals surface area contributed by atoms with Crippen molar-refractivity contribution in [2.24, 2.45) is 5.92 Å². The fraction of sp³-hybridized carbons (Fsp3) is 0.706. The Bertz CT molecular complexity index is 554. The van der Waals surface area contributed by atoms with E-state index in [9.17, 15) is 9.90 Å². The van der Waals surface area contributed by atoms with E-state index in [0.29, 0.717) is 19.1 Å². The Hall–Kier alpha value is -1.33. The number of nitrogens with zero attached hydrogens (tertiary/aromatic N) is 2. The molecule has 0 aliphatic carbocycles. The summed E-state index contributed by atoms with van der Waals surface area (Å²) in [4.78, 5) is 14.3. The second-order valence-corrected chi connectivity index (χ2v) is 6.43. The predicted octanol–water partition coefficient (Wildman–Crippen LogP) is 2.13. The third-order valence-electron chi connectivity index (χ3n) is 4.44. The minimum absolute atomic E-state index is 0.0961. The number of hydrogen-bond donors (Lipinski definition) is 1. The molecule has 0 saturated carbocycles. The molecule has 1 N–H and O–H groups in total. The van der Waals surface area contributed by atoms with Gasteiger partial charge in [0.05, 0.1) is 5.69 Å². The topological polar surface area (TPSA) is 54.7 Å². The number of rotatable bonds is 6. The average molecular weight is 308 g/mol. The van der Waals surface area contributed by atoms with Crippen molar-refractivity contribution in [2.75, 3.05) is 26.8 Å². The summed E-state index contributed by atoms with van der Waals surface area (Å²) < 4.78 is 7.18. The van der Waals surface area contributed by atoms with Crippen LogP contribution >= 0.6 is 0 Å². The van der Waals surface area contributed by atoms with Gasteiger partial charge >= 0.3 is 0 Å². The van der Waals surface area contributed by atoms with Crippen molar-refractivity contribution in [3.8, 4) is 5.75 Å². The number of ether oxygens (including phenoxy) is 1. The van der Waals surface area contributed by atoms with Crippen molar-refractivity contribution >= 4 is 0 Å². The fourth-order valence-electron chi connectivity index (χ4n) is 3.30. The standard InChI is InChI=1S/C17H28N2O3/c1-13-6-4-7-18(11-13)12-15-17(21)16(20)10-14(2)19(15)8-5-9-22-3/h10,13,21H,4-9,11-12H2,1-3H3. The van der Waals surface area contributed by atoms with E-state index >= 15 is 0 Å². The van der Waals surface area contributed by atoms with Gasteiger partial charge in [-0.2, -0.15) is 0 Å². The monoisotopic (exact) mass is 308 g/mol. The van der Waals surface area contributed by atoms with E-state index in [-0.39, 0.29) is 11.2 Å². The molecule has 1 aliphatic rings. The third kappa shape index (κ3) is 4.11. The first-order valence-electron chi connectivity index (χ1n) is 8.16. The Labute approximate surface area is 132 Å². The molecule has 5 nitrogen and oxygen atoms in total. The largest absolute Gasteiger partial charge is 0.503 e. The number of aromatic hydroxyl groups is 1. The van der Waals surface area contributed by atoms with Crippen LogP contribution in [0.4, 0.5) is 0 Å². The van der Waals surface area contributed by atoms with Gasteiger partial charge in [-0.05, 0) is 38.6 Å². The van der Waals surface area contributed by atoms with Crippen LogP contribution in [-0.2, 0) is 17.8 Å². The molecule has 1 atom stereocenters.